The number of aliphatic hydroxyl groups is 1. The summed E-state index contributed by atoms with van der Waals surface area (Å²) in [7, 11) is 0. The topological polar surface area (TPSA) is 142 Å². The maximum absolute atomic E-state index is 12.9. The van der Waals surface area contributed by atoms with Gasteiger partial charge in [0.25, 0.3) is 0 Å². The number of rotatable bonds is 9. The van der Waals surface area contributed by atoms with Crippen LogP contribution in [0.5, 0.6) is 5.75 Å². The van der Waals surface area contributed by atoms with Crippen molar-refractivity contribution in [3.05, 3.63) is 78.2 Å². The van der Waals surface area contributed by atoms with Crippen molar-refractivity contribution in [3.8, 4) is 22.9 Å². The molecule has 41 heavy (non-hydrogen) atoms. The van der Waals surface area contributed by atoms with E-state index in [4.69, 9.17) is 15.5 Å². The molecule has 0 aliphatic carbocycles. The molecule has 1 aliphatic rings. The number of nitrogens with one attached hydrogen (secondary N) is 1. The second kappa shape index (κ2) is 12.0. The van der Waals surface area contributed by atoms with Crippen LogP contribution in [0, 0.1) is 11.3 Å². The number of fused-ring (bicyclic) bond motifs is 1. The Morgan fingerprint density at radius 1 is 1.22 bits per heavy atom. The van der Waals surface area contributed by atoms with Crippen LogP contribution in [0.2, 0.25) is 0 Å². The molecular formula is C31H35N7O3. The van der Waals surface area contributed by atoms with Crippen molar-refractivity contribution in [2.75, 3.05) is 24.6 Å². The number of pyridine rings is 2. The zero-order valence-corrected chi connectivity index (χ0v) is 23.3. The Balaban J connectivity index is 1.36. The van der Waals surface area contributed by atoms with Gasteiger partial charge in [-0.05, 0) is 56.9 Å². The SMILES string of the molecule is CCOc1cc(-c2ccc(N3CCC(Cc4ccccc4)(NC(=O)C(N)C(C)O)CC3)nc2)c2c(C#N)cnn2c1. The summed E-state index contributed by atoms with van der Waals surface area (Å²) in [5, 5.41) is 27.0. The smallest absolute Gasteiger partial charge is 0.240 e. The lowest BCUT2D eigenvalue weighted by atomic mass is 9.81. The maximum Gasteiger partial charge on any atom is 0.240 e. The molecule has 2 unspecified atom stereocenters. The number of nitrogens with zero attached hydrogens (tertiary/aromatic N) is 5. The maximum atomic E-state index is 12.9. The van der Waals surface area contributed by atoms with Crippen LogP contribution >= 0.6 is 0 Å². The largest absolute Gasteiger partial charge is 0.492 e. The summed E-state index contributed by atoms with van der Waals surface area (Å²) < 4.78 is 7.40. The highest BCUT2D eigenvalue weighted by molar-refractivity contribution is 5.85. The van der Waals surface area contributed by atoms with Gasteiger partial charge in [0.2, 0.25) is 5.91 Å². The normalized spacial score (nSPS) is 16.1. The van der Waals surface area contributed by atoms with Crippen LogP contribution in [-0.2, 0) is 11.2 Å². The highest BCUT2D eigenvalue weighted by Gasteiger charge is 2.38. The fourth-order valence-electron chi connectivity index (χ4n) is 5.44. The molecule has 5 rings (SSSR count). The molecule has 1 fully saturated rings. The van der Waals surface area contributed by atoms with Gasteiger partial charge >= 0.3 is 0 Å². The molecule has 212 valence electrons. The number of nitriles is 1. The Kier molecular flexibility index (Phi) is 8.19. The quantitative estimate of drug-likeness (QED) is 0.287. The van der Waals surface area contributed by atoms with E-state index in [9.17, 15) is 15.2 Å². The first-order chi connectivity index (χ1) is 19.8. The first kappa shape index (κ1) is 28.1. The molecule has 4 heterocycles. The molecule has 2 atom stereocenters. The fraction of sp³-hybridized carbons (Fsp3) is 0.355. The zero-order chi connectivity index (χ0) is 29.0. The summed E-state index contributed by atoms with van der Waals surface area (Å²) in [6, 6.07) is 17.2. The average molecular weight is 554 g/mol. The molecular weight excluding hydrogens is 518 g/mol. The van der Waals surface area contributed by atoms with Crippen molar-refractivity contribution in [3.63, 3.8) is 0 Å². The molecule has 4 aromatic rings. The van der Waals surface area contributed by atoms with Crippen molar-refractivity contribution in [2.45, 2.75) is 50.8 Å². The van der Waals surface area contributed by atoms with Crippen molar-refractivity contribution in [1.82, 2.24) is 19.9 Å². The number of aliphatic hydroxyl groups excluding tert-OH is 1. The molecule has 10 nitrogen and oxygen atoms in total. The molecule has 1 aromatic carbocycles. The van der Waals surface area contributed by atoms with E-state index < -0.39 is 17.7 Å². The van der Waals surface area contributed by atoms with E-state index in [1.165, 1.54) is 6.92 Å². The number of nitrogens with two attached hydrogens (primary N) is 1. The fourth-order valence-corrected chi connectivity index (χ4v) is 5.44. The van der Waals surface area contributed by atoms with Gasteiger partial charge in [-0.1, -0.05) is 30.3 Å². The van der Waals surface area contributed by atoms with Gasteiger partial charge in [-0.3, -0.25) is 4.79 Å². The Morgan fingerprint density at radius 3 is 2.61 bits per heavy atom. The van der Waals surface area contributed by atoms with Crippen LogP contribution in [0.3, 0.4) is 0 Å². The molecule has 0 spiro atoms. The van der Waals surface area contributed by atoms with Crippen molar-refractivity contribution < 1.29 is 14.6 Å². The third-order valence-corrected chi connectivity index (χ3v) is 7.72. The van der Waals surface area contributed by atoms with Gasteiger partial charge in [0.05, 0.1) is 36.2 Å². The van der Waals surface area contributed by atoms with E-state index in [-0.39, 0.29) is 5.91 Å². The summed E-state index contributed by atoms with van der Waals surface area (Å²) in [5.74, 6) is 1.15. The van der Waals surface area contributed by atoms with Crippen LogP contribution in [0.25, 0.3) is 16.6 Å². The number of piperidine rings is 1. The second-order valence-corrected chi connectivity index (χ2v) is 10.6. The van der Waals surface area contributed by atoms with E-state index in [1.54, 1.807) is 16.9 Å². The molecule has 3 aromatic heterocycles. The van der Waals surface area contributed by atoms with E-state index in [0.717, 1.165) is 22.5 Å². The number of ether oxygens (including phenoxy) is 1. The highest BCUT2D eigenvalue weighted by Crippen LogP contribution is 2.33. The van der Waals surface area contributed by atoms with Crippen LogP contribution in [-0.4, -0.2) is 63.0 Å². The number of anilines is 1. The lowest BCUT2D eigenvalue weighted by molar-refractivity contribution is -0.126. The molecule has 0 bridgehead atoms. The number of carbonyl (C=O) groups excluding carboxylic acids is 1. The van der Waals surface area contributed by atoms with Gasteiger partial charge in [-0.15, -0.1) is 0 Å². The van der Waals surface area contributed by atoms with E-state index >= 15 is 0 Å². The minimum Gasteiger partial charge on any atom is -0.492 e. The molecule has 1 saturated heterocycles. The van der Waals surface area contributed by atoms with Crippen molar-refractivity contribution in [2.24, 2.45) is 5.73 Å². The first-order valence-electron chi connectivity index (χ1n) is 13.9. The lowest BCUT2D eigenvalue weighted by Crippen LogP contribution is -2.61. The summed E-state index contributed by atoms with van der Waals surface area (Å²) in [6.45, 7) is 5.34. The number of benzene rings is 1. The summed E-state index contributed by atoms with van der Waals surface area (Å²) in [4.78, 5) is 19.9. The summed E-state index contributed by atoms with van der Waals surface area (Å²) >= 11 is 0. The number of carbonyl (C=O) groups is 1. The Bertz CT molecular complexity index is 1540. The van der Waals surface area contributed by atoms with Crippen LogP contribution in [0.1, 0.15) is 37.8 Å². The van der Waals surface area contributed by atoms with Gasteiger partial charge in [-0.2, -0.15) is 10.4 Å². The van der Waals surface area contributed by atoms with Crippen LogP contribution in [0.4, 0.5) is 5.82 Å². The average Bonchev–Trinajstić information content (AvgIpc) is 3.40. The predicted octanol–water partition coefficient (Wildman–Crippen LogP) is 3.07. The number of aromatic nitrogens is 3. The molecule has 4 N–H and O–H groups in total. The third-order valence-electron chi connectivity index (χ3n) is 7.72. The van der Waals surface area contributed by atoms with Gasteiger partial charge < -0.3 is 25.8 Å². The summed E-state index contributed by atoms with van der Waals surface area (Å²) in [6.07, 6.45) is 6.26. The minimum absolute atomic E-state index is 0.343. The van der Waals surface area contributed by atoms with Gasteiger partial charge in [0.1, 0.15) is 23.7 Å². The van der Waals surface area contributed by atoms with Gasteiger partial charge in [0.15, 0.2) is 0 Å². The van der Waals surface area contributed by atoms with E-state index in [2.05, 4.69) is 33.5 Å². The Hall–Kier alpha value is -4.46. The second-order valence-electron chi connectivity index (χ2n) is 10.6. The first-order valence-corrected chi connectivity index (χ1v) is 13.9. The number of hydrogen-bond donors (Lipinski definition) is 3. The van der Waals surface area contributed by atoms with Crippen molar-refractivity contribution in [1.29, 1.82) is 5.26 Å². The Morgan fingerprint density at radius 2 is 1.98 bits per heavy atom. The molecule has 0 radical (unpaired) electrons. The molecule has 0 saturated carbocycles. The van der Waals surface area contributed by atoms with E-state index in [1.807, 2.05) is 49.5 Å². The van der Waals surface area contributed by atoms with Gasteiger partial charge in [-0.25, -0.2) is 9.50 Å². The van der Waals surface area contributed by atoms with Crippen LogP contribution < -0.4 is 20.7 Å². The third kappa shape index (κ3) is 6.01. The van der Waals surface area contributed by atoms with Crippen molar-refractivity contribution >= 4 is 17.2 Å². The predicted molar refractivity (Wildman–Crippen MR) is 156 cm³/mol. The summed E-state index contributed by atoms with van der Waals surface area (Å²) in [5.41, 5.74) is 9.48. The molecule has 1 aliphatic heterocycles. The minimum atomic E-state index is -0.986. The van der Waals surface area contributed by atoms with Crippen LogP contribution in [0.15, 0.2) is 67.1 Å². The highest BCUT2D eigenvalue weighted by atomic mass is 16.5. The standard InChI is InChI=1S/C31H35N7O3/c1-3-41-25-15-26(29-24(17-32)19-35-38(29)20-25)23-9-10-27(34-18-23)37-13-11-31(12-14-37,16-22-7-5-4-6-8-22)36-30(40)28(33)21(2)39/h4-10,15,18-21,28,39H,3,11-14,16,33H2,1-2H3,(H,36,40). The zero-order valence-electron chi connectivity index (χ0n) is 23.3. The molecule has 1 amide bonds. The number of amides is 1. The Labute approximate surface area is 239 Å². The van der Waals surface area contributed by atoms with Gasteiger partial charge in [0, 0.05) is 36.0 Å². The molecule has 10 heteroatoms. The van der Waals surface area contributed by atoms with E-state index in [0.29, 0.717) is 55.8 Å². The number of hydrogen-bond acceptors (Lipinski definition) is 8. The monoisotopic (exact) mass is 553 g/mol. The lowest BCUT2D eigenvalue weighted by Gasteiger charge is -2.43.